The van der Waals surface area contributed by atoms with E-state index in [2.05, 4.69) is 19.2 Å². The van der Waals surface area contributed by atoms with E-state index in [1.54, 1.807) is 6.92 Å². The van der Waals surface area contributed by atoms with Crippen molar-refractivity contribution in [2.75, 3.05) is 13.2 Å². The number of aryl methyl sites for hydroxylation is 1. The summed E-state index contributed by atoms with van der Waals surface area (Å²) < 4.78 is 11.1. The van der Waals surface area contributed by atoms with Gasteiger partial charge in [-0.15, -0.1) is 0 Å². The molecule has 1 saturated heterocycles. The van der Waals surface area contributed by atoms with Crippen molar-refractivity contribution in [2.24, 2.45) is 0 Å². The summed E-state index contributed by atoms with van der Waals surface area (Å²) in [7, 11) is 0. The van der Waals surface area contributed by atoms with Gasteiger partial charge >= 0.3 is 5.97 Å². The number of aliphatic carboxylic acids is 1. The van der Waals surface area contributed by atoms with Crippen LogP contribution in [0.1, 0.15) is 50.7 Å². The Hall–Kier alpha value is -2.08. The van der Waals surface area contributed by atoms with Gasteiger partial charge in [0.1, 0.15) is 11.3 Å². The molecule has 0 spiro atoms. The fraction of sp³-hybridized carbons (Fsp3) is 0.579. The van der Waals surface area contributed by atoms with Crippen molar-refractivity contribution >= 4 is 11.9 Å². The van der Waals surface area contributed by atoms with Gasteiger partial charge in [0.15, 0.2) is 6.10 Å². The third-order valence-corrected chi connectivity index (χ3v) is 4.58. The van der Waals surface area contributed by atoms with Crippen molar-refractivity contribution in [3.63, 3.8) is 0 Å². The van der Waals surface area contributed by atoms with Crippen LogP contribution in [0.5, 0.6) is 5.75 Å². The van der Waals surface area contributed by atoms with Gasteiger partial charge in [-0.05, 0) is 37.0 Å². The summed E-state index contributed by atoms with van der Waals surface area (Å²) in [5.41, 5.74) is 0.781. The second-order valence-corrected chi connectivity index (χ2v) is 6.94. The average Bonchev–Trinajstić information content (AvgIpc) is 2.55. The van der Waals surface area contributed by atoms with Gasteiger partial charge in [0.25, 0.3) is 5.91 Å². The van der Waals surface area contributed by atoms with Gasteiger partial charge in [-0.2, -0.15) is 0 Å². The number of amides is 1. The van der Waals surface area contributed by atoms with Crippen LogP contribution < -0.4 is 10.1 Å². The standard InChI is InChI=1S/C19H27NO5/c1-12(2)15-6-5-13(3)11-16(15)25-14(4)17(21)20-19(18(22)23)7-9-24-10-8-19/h5-6,11-12,14H,7-10H2,1-4H3,(H,20,21)(H,22,23). The van der Waals surface area contributed by atoms with Crippen molar-refractivity contribution in [1.29, 1.82) is 0 Å². The van der Waals surface area contributed by atoms with Gasteiger partial charge in [0, 0.05) is 26.1 Å². The lowest BCUT2D eigenvalue weighted by atomic mass is 9.90. The molecule has 2 rings (SSSR count). The lowest BCUT2D eigenvalue weighted by molar-refractivity contribution is -0.153. The number of carbonyl (C=O) groups is 2. The Morgan fingerprint density at radius 3 is 2.44 bits per heavy atom. The highest BCUT2D eigenvalue weighted by Crippen LogP contribution is 2.28. The van der Waals surface area contributed by atoms with E-state index in [1.807, 2.05) is 25.1 Å². The third kappa shape index (κ3) is 4.51. The van der Waals surface area contributed by atoms with Crippen LogP contribution in [0.2, 0.25) is 0 Å². The molecule has 1 amide bonds. The van der Waals surface area contributed by atoms with Crippen molar-refractivity contribution < 1.29 is 24.2 Å². The number of ether oxygens (including phenoxy) is 2. The molecule has 0 aliphatic carbocycles. The van der Waals surface area contributed by atoms with E-state index in [-0.39, 0.29) is 18.8 Å². The molecule has 1 fully saturated rings. The van der Waals surface area contributed by atoms with Crippen molar-refractivity contribution in [2.45, 2.75) is 58.1 Å². The minimum atomic E-state index is -1.28. The smallest absolute Gasteiger partial charge is 0.329 e. The van der Waals surface area contributed by atoms with Gasteiger partial charge in [0.05, 0.1) is 0 Å². The normalized spacial score (nSPS) is 17.8. The predicted molar refractivity (Wildman–Crippen MR) is 93.9 cm³/mol. The van der Waals surface area contributed by atoms with Crippen molar-refractivity contribution in [3.8, 4) is 5.75 Å². The average molecular weight is 349 g/mol. The molecule has 25 heavy (non-hydrogen) atoms. The van der Waals surface area contributed by atoms with Crippen LogP contribution in [0.3, 0.4) is 0 Å². The van der Waals surface area contributed by atoms with Crippen LogP contribution in [0, 0.1) is 6.92 Å². The highest BCUT2D eigenvalue weighted by atomic mass is 16.5. The number of hydrogen-bond acceptors (Lipinski definition) is 4. The van der Waals surface area contributed by atoms with E-state index >= 15 is 0 Å². The molecule has 1 atom stereocenters. The van der Waals surface area contributed by atoms with Crippen molar-refractivity contribution in [3.05, 3.63) is 29.3 Å². The molecule has 0 radical (unpaired) electrons. The van der Waals surface area contributed by atoms with Gasteiger partial charge in [0.2, 0.25) is 0 Å². The number of benzene rings is 1. The highest BCUT2D eigenvalue weighted by Gasteiger charge is 2.42. The van der Waals surface area contributed by atoms with Crippen LogP contribution in [0.15, 0.2) is 18.2 Å². The number of carbonyl (C=O) groups excluding carboxylic acids is 1. The molecular weight excluding hydrogens is 322 g/mol. The Morgan fingerprint density at radius 2 is 1.88 bits per heavy atom. The van der Waals surface area contributed by atoms with Crippen LogP contribution in [-0.4, -0.2) is 41.8 Å². The van der Waals surface area contributed by atoms with E-state index in [0.29, 0.717) is 19.0 Å². The molecule has 0 aromatic heterocycles. The summed E-state index contributed by atoms with van der Waals surface area (Å²) >= 11 is 0. The molecule has 1 unspecified atom stereocenters. The van der Waals surface area contributed by atoms with Crippen LogP contribution in [0.4, 0.5) is 0 Å². The molecule has 6 nitrogen and oxygen atoms in total. The minimum Gasteiger partial charge on any atom is -0.481 e. The second kappa shape index (κ2) is 7.87. The zero-order valence-corrected chi connectivity index (χ0v) is 15.3. The van der Waals surface area contributed by atoms with E-state index < -0.39 is 23.5 Å². The SMILES string of the molecule is Cc1ccc(C(C)C)c(OC(C)C(=O)NC2(C(=O)O)CCOCC2)c1. The van der Waals surface area contributed by atoms with Crippen LogP contribution in [-0.2, 0) is 14.3 Å². The largest absolute Gasteiger partial charge is 0.481 e. The summed E-state index contributed by atoms with van der Waals surface area (Å²) in [6.07, 6.45) is -0.288. The van der Waals surface area contributed by atoms with Gasteiger partial charge in [-0.3, -0.25) is 4.79 Å². The minimum absolute atomic E-state index is 0.252. The zero-order valence-electron chi connectivity index (χ0n) is 15.3. The Bertz CT molecular complexity index is 635. The summed E-state index contributed by atoms with van der Waals surface area (Å²) in [6.45, 7) is 8.35. The Labute approximate surface area is 148 Å². The summed E-state index contributed by atoms with van der Waals surface area (Å²) in [6, 6.07) is 5.91. The molecule has 0 bridgehead atoms. The fourth-order valence-electron chi connectivity index (χ4n) is 2.91. The Kier molecular flexibility index (Phi) is 6.06. The second-order valence-electron chi connectivity index (χ2n) is 6.94. The van der Waals surface area contributed by atoms with E-state index in [1.165, 1.54) is 0 Å². The first kappa shape index (κ1) is 19.2. The number of carboxylic acid groups (broad SMARTS) is 1. The first-order valence-electron chi connectivity index (χ1n) is 8.65. The van der Waals surface area contributed by atoms with Crippen LogP contribution >= 0.6 is 0 Å². The summed E-state index contributed by atoms with van der Waals surface area (Å²) in [4.78, 5) is 24.2. The van der Waals surface area contributed by atoms with Gasteiger partial charge in [-0.25, -0.2) is 4.79 Å². The van der Waals surface area contributed by atoms with Crippen molar-refractivity contribution in [1.82, 2.24) is 5.32 Å². The third-order valence-electron chi connectivity index (χ3n) is 4.58. The number of carboxylic acids is 1. The Morgan fingerprint density at radius 1 is 1.24 bits per heavy atom. The molecule has 1 aromatic rings. The predicted octanol–water partition coefficient (Wildman–Crippen LogP) is 2.64. The van der Waals surface area contributed by atoms with E-state index in [9.17, 15) is 14.7 Å². The van der Waals surface area contributed by atoms with Gasteiger partial charge in [-0.1, -0.05) is 26.0 Å². The molecule has 1 aliphatic rings. The number of rotatable bonds is 6. The lowest BCUT2D eigenvalue weighted by Gasteiger charge is -2.34. The maximum Gasteiger partial charge on any atom is 0.329 e. The van der Waals surface area contributed by atoms with E-state index in [0.717, 1.165) is 11.1 Å². The molecule has 6 heteroatoms. The fourth-order valence-corrected chi connectivity index (χ4v) is 2.91. The van der Waals surface area contributed by atoms with Gasteiger partial charge < -0.3 is 19.9 Å². The van der Waals surface area contributed by atoms with Crippen LogP contribution in [0.25, 0.3) is 0 Å². The number of hydrogen-bond donors (Lipinski definition) is 2. The molecule has 1 aliphatic heterocycles. The lowest BCUT2D eigenvalue weighted by Crippen LogP contribution is -2.59. The summed E-state index contributed by atoms with van der Waals surface area (Å²) in [5.74, 6) is -0.545. The summed E-state index contributed by atoms with van der Waals surface area (Å²) in [5, 5.41) is 12.2. The quantitative estimate of drug-likeness (QED) is 0.825. The van der Waals surface area contributed by atoms with E-state index in [4.69, 9.17) is 9.47 Å². The first-order valence-corrected chi connectivity index (χ1v) is 8.65. The molecule has 138 valence electrons. The maximum absolute atomic E-state index is 12.6. The molecular formula is C19H27NO5. The maximum atomic E-state index is 12.6. The Balaban J connectivity index is 2.12. The molecule has 1 heterocycles. The topological polar surface area (TPSA) is 84.9 Å². The molecule has 1 aromatic carbocycles. The monoisotopic (exact) mass is 349 g/mol. The highest BCUT2D eigenvalue weighted by molar-refractivity contribution is 5.89. The first-order chi connectivity index (χ1) is 11.7. The number of nitrogens with one attached hydrogen (secondary N) is 1. The molecule has 2 N–H and O–H groups in total. The molecule has 0 saturated carbocycles. The zero-order chi connectivity index (χ0) is 18.6.